The zero-order chi connectivity index (χ0) is 34.1. The second kappa shape index (κ2) is 12.9. The summed E-state index contributed by atoms with van der Waals surface area (Å²) in [7, 11) is -4.34. The van der Waals surface area contributed by atoms with E-state index in [0.29, 0.717) is 11.4 Å². The fraction of sp³-hybridized carbons (Fsp3) is 0.438. The number of aromatic carboxylic acids is 1. The predicted octanol–water partition coefficient (Wildman–Crippen LogP) is 6.82. The number of carbonyl (C=O) groups excluding carboxylic acids is 1. The smallest absolute Gasteiger partial charge is 0.407 e. The van der Waals surface area contributed by atoms with Gasteiger partial charge < -0.3 is 15.2 Å². The number of hydrogen-bond donors (Lipinski definition) is 3. The molecule has 248 valence electrons. The molecule has 0 aliphatic heterocycles. The average Bonchev–Trinajstić information content (AvgIpc) is 3.71. The molecule has 2 aromatic carbocycles. The summed E-state index contributed by atoms with van der Waals surface area (Å²) in [4.78, 5) is 32.5. The van der Waals surface area contributed by atoms with Gasteiger partial charge in [-0.1, -0.05) is 24.3 Å². The van der Waals surface area contributed by atoms with Gasteiger partial charge in [0.1, 0.15) is 5.60 Å². The first kappa shape index (κ1) is 34.7. The second-order valence-electron chi connectivity index (χ2n) is 12.6. The third kappa shape index (κ3) is 8.53. The Kier molecular flexibility index (Phi) is 9.72. The van der Waals surface area contributed by atoms with Gasteiger partial charge in [0.15, 0.2) is 0 Å². The van der Waals surface area contributed by atoms with Gasteiger partial charge in [-0.3, -0.25) is 0 Å². The Morgan fingerprint density at radius 3 is 2.22 bits per heavy atom. The van der Waals surface area contributed by atoms with E-state index in [4.69, 9.17) is 4.74 Å². The summed E-state index contributed by atoms with van der Waals surface area (Å²) >= 11 is 0. The number of carbonyl (C=O) groups is 2. The summed E-state index contributed by atoms with van der Waals surface area (Å²) in [6.07, 6.45) is -5.58. The van der Waals surface area contributed by atoms with E-state index < -0.39 is 45.3 Å². The number of ether oxygens (including phenoxy) is 1. The van der Waals surface area contributed by atoms with Crippen molar-refractivity contribution in [2.75, 3.05) is 4.72 Å². The summed E-state index contributed by atoms with van der Waals surface area (Å²) < 4.78 is 75.9. The molecule has 1 atom stereocenters. The van der Waals surface area contributed by atoms with Crippen LogP contribution >= 0.6 is 0 Å². The van der Waals surface area contributed by atoms with E-state index in [0.717, 1.165) is 22.8 Å². The lowest BCUT2D eigenvalue weighted by Crippen LogP contribution is -2.42. The first-order valence-corrected chi connectivity index (χ1v) is 16.1. The third-order valence-corrected chi connectivity index (χ3v) is 9.02. The maximum atomic E-state index is 13.9. The summed E-state index contributed by atoms with van der Waals surface area (Å²) in [6, 6.07) is 11.1. The number of amides is 1. The van der Waals surface area contributed by atoms with Crippen molar-refractivity contribution in [1.29, 1.82) is 0 Å². The zero-order valence-corrected chi connectivity index (χ0v) is 27.0. The highest BCUT2D eigenvalue weighted by Crippen LogP contribution is 2.60. The van der Waals surface area contributed by atoms with Crippen molar-refractivity contribution in [2.24, 2.45) is 5.41 Å². The summed E-state index contributed by atoms with van der Waals surface area (Å²) in [5.74, 6) is -1.61. The number of halogens is 3. The van der Waals surface area contributed by atoms with Crippen LogP contribution in [0.3, 0.4) is 0 Å². The Labute approximate surface area is 265 Å². The molecule has 4 rings (SSSR count). The lowest BCUT2D eigenvalue weighted by molar-refractivity contribution is -0.190. The molecule has 46 heavy (non-hydrogen) atoms. The van der Waals surface area contributed by atoms with E-state index in [1.807, 2.05) is 32.0 Å². The number of nitrogens with zero attached hydrogens (tertiary/aromatic N) is 2. The Bertz CT molecular complexity index is 1710. The SMILES string of the molecule is Cc1cccc(C)c1-c1cc(CCC(CC2(C(F)(F)F)CC2)NC(=O)OC(C)(C)C)nc(NS(=O)(=O)c2cccc(C(=O)O)c2)n1. The van der Waals surface area contributed by atoms with Crippen molar-refractivity contribution in [2.45, 2.75) is 89.4 Å². The molecule has 1 fully saturated rings. The van der Waals surface area contributed by atoms with E-state index in [1.54, 1.807) is 26.8 Å². The van der Waals surface area contributed by atoms with Gasteiger partial charge in [-0.25, -0.2) is 32.7 Å². The number of anilines is 1. The number of rotatable bonds is 11. The number of carboxylic acids is 1. The quantitative estimate of drug-likeness (QED) is 0.203. The molecule has 0 bridgehead atoms. The standard InChI is InChI=1S/C32H37F3N4O6S/c1-19-8-6-9-20(2)26(19)25-17-22(36-28(38-25)39-46(43,44)24-11-7-10-21(16-24)27(40)41)12-13-23(37-29(42)45-30(3,4)5)18-31(14-15-31)32(33,34)35/h6-11,16-17,23H,12-15,18H2,1-5H3,(H,37,42)(H,40,41)(H,36,38,39). The van der Waals surface area contributed by atoms with Crippen LogP contribution in [0.4, 0.5) is 23.9 Å². The highest BCUT2D eigenvalue weighted by molar-refractivity contribution is 7.92. The van der Waals surface area contributed by atoms with Crippen LogP contribution in [0, 0.1) is 19.3 Å². The summed E-state index contributed by atoms with van der Waals surface area (Å²) in [5.41, 5.74) is 0.115. The first-order chi connectivity index (χ1) is 21.3. The molecule has 10 nitrogen and oxygen atoms in total. The molecule has 1 saturated carbocycles. The molecule has 0 radical (unpaired) electrons. The highest BCUT2D eigenvalue weighted by atomic mass is 32.2. The lowest BCUT2D eigenvalue weighted by Gasteiger charge is -2.28. The average molecular weight is 663 g/mol. The molecule has 0 saturated heterocycles. The van der Waals surface area contributed by atoms with Crippen LogP contribution in [-0.2, 0) is 21.2 Å². The maximum absolute atomic E-state index is 13.9. The first-order valence-electron chi connectivity index (χ1n) is 14.7. The van der Waals surface area contributed by atoms with Gasteiger partial charge in [-0.15, -0.1) is 0 Å². The molecule has 1 heterocycles. The van der Waals surface area contributed by atoms with Gasteiger partial charge in [0.05, 0.1) is 21.6 Å². The van der Waals surface area contributed by atoms with Crippen LogP contribution in [0.15, 0.2) is 53.4 Å². The lowest BCUT2D eigenvalue weighted by atomic mass is 9.92. The highest BCUT2D eigenvalue weighted by Gasteiger charge is 2.63. The minimum atomic E-state index is -4.44. The molecule has 1 aromatic heterocycles. The fourth-order valence-electron chi connectivity index (χ4n) is 5.24. The summed E-state index contributed by atoms with van der Waals surface area (Å²) in [5, 5.41) is 11.9. The van der Waals surface area contributed by atoms with Crippen LogP contribution in [0.2, 0.25) is 0 Å². The van der Waals surface area contributed by atoms with Gasteiger partial charge in [0.2, 0.25) is 5.95 Å². The van der Waals surface area contributed by atoms with Crippen molar-refractivity contribution in [3.63, 3.8) is 0 Å². The number of aromatic nitrogens is 2. The molecule has 1 amide bonds. The minimum absolute atomic E-state index is 0.0395. The molecular weight excluding hydrogens is 625 g/mol. The van der Waals surface area contributed by atoms with Crippen LogP contribution in [-0.4, -0.2) is 53.4 Å². The number of carboxylic acid groups (broad SMARTS) is 1. The van der Waals surface area contributed by atoms with Crippen molar-refractivity contribution < 1.29 is 41.0 Å². The Morgan fingerprint density at radius 1 is 1.02 bits per heavy atom. The van der Waals surface area contributed by atoms with Crippen LogP contribution in [0.25, 0.3) is 11.3 Å². The Hall–Kier alpha value is -4.20. The third-order valence-electron chi connectivity index (χ3n) is 7.70. The zero-order valence-electron chi connectivity index (χ0n) is 26.2. The van der Waals surface area contributed by atoms with Crippen molar-refractivity contribution in [3.8, 4) is 11.3 Å². The molecular formula is C32H37F3N4O6S. The number of alkyl halides is 3. The topological polar surface area (TPSA) is 148 Å². The summed E-state index contributed by atoms with van der Waals surface area (Å²) in [6.45, 7) is 8.67. The van der Waals surface area contributed by atoms with Crippen molar-refractivity contribution in [3.05, 3.63) is 70.9 Å². The number of aryl methyl sites for hydroxylation is 3. The van der Waals surface area contributed by atoms with Crippen LogP contribution in [0.5, 0.6) is 0 Å². The number of alkyl carbamates (subject to hydrolysis) is 1. The number of hydrogen-bond acceptors (Lipinski definition) is 7. The Balaban J connectivity index is 1.69. The number of benzene rings is 2. The molecule has 14 heteroatoms. The van der Waals surface area contributed by atoms with E-state index >= 15 is 0 Å². The normalized spacial score (nSPS) is 15.1. The monoisotopic (exact) mass is 662 g/mol. The van der Waals surface area contributed by atoms with Crippen LogP contribution < -0.4 is 10.0 Å². The number of sulfonamides is 1. The number of nitrogens with one attached hydrogen (secondary N) is 2. The molecule has 3 aromatic rings. The van der Waals surface area contributed by atoms with Crippen LogP contribution in [0.1, 0.15) is 73.6 Å². The molecule has 1 aliphatic carbocycles. The van der Waals surface area contributed by atoms with E-state index in [2.05, 4.69) is 20.0 Å². The maximum Gasteiger partial charge on any atom is 0.407 e. The molecule has 3 N–H and O–H groups in total. The second-order valence-corrected chi connectivity index (χ2v) is 14.3. The van der Waals surface area contributed by atoms with E-state index in [1.165, 1.54) is 18.2 Å². The van der Waals surface area contributed by atoms with E-state index in [-0.39, 0.29) is 48.5 Å². The molecule has 1 aliphatic rings. The predicted molar refractivity (Wildman–Crippen MR) is 165 cm³/mol. The molecule has 1 unspecified atom stereocenters. The van der Waals surface area contributed by atoms with Gasteiger partial charge >= 0.3 is 18.2 Å². The fourth-order valence-corrected chi connectivity index (χ4v) is 6.23. The largest absolute Gasteiger partial charge is 0.478 e. The van der Waals surface area contributed by atoms with Crippen molar-refractivity contribution >= 4 is 28.0 Å². The molecule has 0 spiro atoms. The van der Waals surface area contributed by atoms with Crippen molar-refractivity contribution in [1.82, 2.24) is 15.3 Å². The van der Waals surface area contributed by atoms with Gasteiger partial charge in [-0.05, 0) is 102 Å². The van der Waals surface area contributed by atoms with Gasteiger partial charge in [0, 0.05) is 17.3 Å². The Morgan fingerprint density at radius 2 is 1.65 bits per heavy atom. The van der Waals surface area contributed by atoms with E-state index in [9.17, 15) is 36.3 Å². The van der Waals surface area contributed by atoms with Gasteiger partial charge in [-0.2, -0.15) is 13.2 Å². The minimum Gasteiger partial charge on any atom is -0.478 e. The van der Waals surface area contributed by atoms with Gasteiger partial charge in [0.25, 0.3) is 10.0 Å².